The quantitative estimate of drug-likeness (QED) is 0.743. The molecule has 2 aliphatic rings. The maximum absolute atomic E-state index is 12.1. The van der Waals surface area contributed by atoms with Gasteiger partial charge in [0.2, 0.25) is 5.91 Å². The molecule has 2 nitrogen and oxygen atoms in total. The van der Waals surface area contributed by atoms with Crippen LogP contribution in [0, 0.1) is 23.7 Å². The zero-order chi connectivity index (χ0) is 13.1. The summed E-state index contributed by atoms with van der Waals surface area (Å²) in [5.74, 6) is 3.28. The van der Waals surface area contributed by atoms with Gasteiger partial charge in [0, 0.05) is 17.8 Å². The van der Waals surface area contributed by atoms with Crippen LogP contribution < -0.4 is 5.32 Å². The van der Waals surface area contributed by atoms with E-state index in [1.165, 1.54) is 25.7 Å². The average molecular weight is 316 g/mol. The Kier molecular flexibility index (Phi) is 5.11. The Labute approximate surface area is 119 Å². The molecular weight excluding hydrogens is 290 g/mol. The number of amides is 1. The number of nitrogens with one attached hydrogen (secondary N) is 1. The molecule has 18 heavy (non-hydrogen) atoms. The first-order chi connectivity index (χ1) is 8.60. The lowest BCUT2D eigenvalue weighted by atomic mass is 9.86. The van der Waals surface area contributed by atoms with Gasteiger partial charge in [0.1, 0.15) is 0 Å². The molecule has 3 heteroatoms. The second-order valence-electron chi connectivity index (χ2n) is 6.53. The van der Waals surface area contributed by atoms with Gasteiger partial charge in [-0.15, -0.1) is 0 Å². The number of fused-ring (bicyclic) bond motifs is 2. The first-order valence-corrected chi connectivity index (χ1v) is 8.57. The van der Waals surface area contributed by atoms with E-state index in [-0.39, 0.29) is 5.91 Å². The van der Waals surface area contributed by atoms with Gasteiger partial charge in [-0.1, -0.05) is 36.2 Å². The van der Waals surface area contributed by atoms with Crippen LogP contribution in [0.4, 0.5) is 0 Å². The van der Waals surface area contributed by atoms with Crippen LogP contribution in [-0.2, 0) is 4.79 Å². The van der Waals surface area contributed by atoms with Crippen molar-refractivity contribution in [3.8, 4) is 0 Å². The van der Waals surface area contributed by atoms with Gasteiger partial charge in [-0.05, 0) is 49.4 Å². The molecule has 0 saturated heterocycles. The third-order valence-electron chi connectivity index (χ3n) is 4.90. The Morgan fingerprint density at radius 3 is 2.61 bits per heavy atom. The summed E-state index contributed by atoms with van der Waals surface area (Å²) in [6, 6.07) is 0.329. The molecule has 0 aromatic rings. The monoisotopic (exact) mass is 315 g/mol. The summed E-state index contributed by atoms with van der Waals surface area (Å²) in [4.78, 5) is 12.1. The maximum atomic E-state index is 12.1. The van der Waals surface area contributed by atoms with Crippen LogP contribution in [0.25, 0.3) is 0 Å². The molecule has 0 heterocycles. The highest BCUT2D eigenvalue weighted by Gasteiger charge is 2.40. The summed E-state index contributed by atoms with van der Waals surface area (Å²) in [6.07, 6.45) is 7.29. The van der Waals surface area contributed by atoms with Crippen LogP contribution in [0.3, 0.4) is 0 Å². The Morgan fingerprint density at radius 2 is 2.11 bits per heavy atom. The average Bonchev–Trinajstić information content (AvgIpc) is 2.90. The first-order valence-electron chi connectivity index (χ1n) is 7.45. The number of alkyl halides is 1. The minimum absolute atomic E-state index is 0.284. The Hall–Kier alpha value is -0.0500. The minimum Gasteiger partial charge on any atom is -0.353 e. The second kappa shape index (κ2) is 6.40. The van der Waals surface area contributed by atoms with Gasteiger partial charge in [0.15, 0.2) is 0 Å². The SMILES string of the molecule is CC(C)C(CCBr)NC(=O)CC1CC2CCC1C2. The molecule has 2 bridgehead atoms. The van der Waals surface area contributed by atoms with Crippen molar-refractivity contribution in [1.29, 1.82) is 0 Å². The molecule has 0 aromatic heterocycles. The van der Waals surface area contributed by atoms with Gasteiger partial charge in [0.25, 0.3) is 0 Å². The smallest absolute Gasteiger partial charge is 0.220 e. The van der Waals surface area contributed by atoms with Gasteiger partial charge in [-0.3, -0.25) is 4.79 Å². The molecule has 2 saturated carbocycles. The fourth-order valence-corrected chi connectivity index (χ4v) is 4.31. The topological polar surface area (TPSA) is 29.1 Å². The fourth-order valence-electron chi connectivity index (χ4n) is 3.82. The van der Waals surface area contributed by atoms with Crippen molar-refractivity contribution in [3.63, 3.8) is 0 Å². The van der Waals surface area contributed by atoms with Crippen molar-refractivity contribution in [1.82, 2.24) is 5.32 Å². The molecule has 0 radical (unpaired) electrons. The molecular formula is C15H26BrNO. The molecule has 2 rings (SSSR count). The lowest BCUT2D eigenvalue weighted by Crippen LogP contribution is -2.39. The Morgan fingerprint density at radius 1 is 1.33 bits per heavy atom. The van der Waals surface area contributed by atoms with Gasteiger partial charge >= 0.3 is 0 Å². The van der Waals surface area contributed by atoms with Crippen molar-refractivity contribution in [2.75, 3.05) is 5.33 Å². The maximum Gasteiger partial charge on any atom is 0.220 e. The van der Waals surface area contributed by atoms with Crippen LogP contribution in [-0.4, -0.2) is 17.3 Å². The largest absolute Gasteiger partial charge is 0.353 e. The van der Waals surface area contributed by atoms with Crippen LogP contribution in [0.2, 0.25) is 0 Å². The summed E-state index contributed by atoms with van der Waals surface area (Å²) in [6.45, 7) is 4.37. The van der Waals surface area contributed by atoms with Crippen LogP contribution in [0.5, 0.6) is 0 Å². The first kappa shape index (κ1) is 14.4. The number of hydrogen-bond donors (Lipinski definition) is 1. The standard InChI is InChI=1S/C15H26BrNO/c1-10(2)14(5-6-16)17-15(18)9-13-8-11-3-4-12(13)7-11/h10-14H,3-9H2,1-2H3,(H,17,18). The van der Waals surface area contributed by atoms with E-state index < -0.39 is 0 Å². The number of carbonyl (C=O) groups excluding carboxylic acids is 1. The van der Waals surface area contributed by atoms with Crippen molar-refractivity contribution < 1.29 is 4.79 Å². The van der Waals surface area contributed by atoms with Crippen molar-refractivity contribution in [3.05, 3.63) is 0 Å². The van der Waals surface area contributed by atoms with Gasteiger partial charge in [-0.25, -0.2) is 0 Å². The highest BCUT2D eigenvalue weighted by Crippen LogP contribution is 2.49. The highest BCUT2D eigenvalue weighted by atomic mass is 79.9. The predicted molar refractivity (Wildman–Crippen MR) is 78.7 cm³/mol. The van der Waals surface area contributed by atoms with Gasteiger partial charge in [-0.2, -0.15) is 0 Å². The van der Waals surface area contributed by atoms with E-state index in [4.69, 9.17) is 0 Å². The molecule has 4 atom stereocenters. The highest BCUT2D eigenvalue weighted by molar-refractivity contribution is 9.09. The zero-order valence-electron chi connectivity index (χ0n) is 11.6. The predicted octanol–water partition coefficient (Wildman–Crippen LogP) is 3.74. The van der Waals surface area contributed by atoms with E-state index in [1.807, 2.05) is 0 Å². The molecule has 104 valence electrons. The van der Waals surface area contributed by atoms with Gasteiger partial charge < -0.3 is 5.32 Å². The molecule has 0 aromatic carbocycles. The number of carbonyl (C=O) groups is 1. The van der Waals surface area contributed by atoms with Gasteiger partial charge in [0.05, 0.1) is 0 Å². The number of halogens is 1. The molecule has 2 aliphatic carbocycles. The van der Waals surface area contributed by atoms with E-state index in [9.17, 15) is 4.79 Å². The Bertz CT molecular complexity index is 286. The third-order valence-corrected chi connectivity index (χ3v) is 5.36. The summed E-state index contributed by atoms with van der Waals surface area (Å²) >= 11 is 3.47. The van der Waals surface area contributed by atoms with E-state index in [0.29, 0.717) is 17.9 Å². The number of rotatable bonds is 6. The summed E-state index contributed by atoms with van der Waals surface area (Å²) in [5, 5.41) is 4.20. The van der Waals surface area contributed by atoms with Crippen LogP contribution in [0.1, 0.15) is 52.4 Å². The van der Waals surface area contributed by atoms with Crippen LogP contribution in [0.15, 0.2) is 0 Å². The molecule has 1 N–H and O–H groups in total. The van der Waals surface area contributed by atoms with E-state index in [1.54, 1.807) is 0 Å². The molecule has 1 amide bonds. The molecule has 0 aliphatic heterocycles. The summed E-state index contributed by atoms with van der Waals surface area (Å²) < 4.78 is 0. The molecule has 0 spiro atoms. The lowest BCUT2D eigenvalue weighted by Gasteiger charge is -2.25. The summed E-state index contributed by atoms with van der Waals surface area (Å²) in [5.41, 5.74) is 0. The lowest BCUT2D eigenvalue weighted by molar-refractivity contribution is -0.123. The van der Waals surface area contributed by atoms with Crippen LogP contribution >= 0.6 is 15.9 Å². The minimum atomic E-state index is 0.284. The van der Waals surface area contributed by atoms with Crippen molar-refractivity contribution in [2.24, 2.45) is 23.7 Å². The summed E-state index contributed by atoms with van der Waals surface area (Å²) in [7, 11) is 0. The van der Waals surface area contributed by atoms with E-state index >= 15 is 0 Å². The zero-order valence-corrected chi connectivity index (χ0v) is 13.2. The third kappa shape index (κ3) is 3.49. The fraction of sp³-hybridized carbons (Fsp3) is 0.933. The Balaban J connectivity index is 1.77. The second-order valence-corrected chi connectivity index (χ2v) is 7.33. The van der Waals surface area contributed by atoms with Crippen molar-refractivity contribution in [2.45, 2.75) is 58.4 Å². The van der Waals surface area contributed by atoms with E-state index in [2.05, 4.69) is 35.1 Å². The normalized spacial score (nSPS) is 31.9. The van der Waals surface area contributed by atoms with Crippen molar-refractivity contribution >= 4 is 21.8 Å². The molecule has 2 fully saturated rings. The number of hydrogen-bond acceptors (Lipinski definition) is 1. The molecule has 4 unspecified atom stereocenters. The van der Waals surface area contributed by atoms with E-state index in [0.717, 1.165) is 30.0 Å².